The number of aryl methyl sites for hydroxylation is 1. The Labute approximate surface area is 189 Å². The van der Waals surface area contributed by atoms with E-state index in [0.717, 1.165) is 17.6 Å². The molecule has 8 nitrogen and oxygen atoms in total. The number of fused-ring (bicyclic) bond motifs is 1. The molecule has 1 heterocycles. The van der Waals surface area contributed by atoms with E-state index in [9.17, 15) is 13.2 Å². The Morgan fingerprint density at radius 2 is 1.88 bits per heavy atom. The van der Waals surface area contributed by atoms with Crippen molar-refractivity contribution in [2.75, 3.05) is 36.9 Å². The van der Waals surface area contributed by atoms with Crippen LogP contribution in [0.3, 0.4) is 0 Å². The van der Waals surface area contributed by atoms with E-state index in [1.165, 1.54) is 4.31 Å². The van der Waals surface area contributed by atoms with Crippen molar-refractivity contribution >= 4 is 21.6 Å². The normalized spacial score (nSPS) is 13.8. The fraction of sp³-hybridized carbons (Fsp3) is 0.435. The molecular formula is C23H30N2O6S. The molecule has 0 unspecified atom stereocenters. The fourth-order valence-corrected chi connectivity index (χ4v) is 4.34. The molecular weight excluding hydrogens is 432 g/mol. The van der Waals surface area contributed by atoms with E-state index in [2.05, 4.69) is 5.32 Å². The molecule has 0 saturated carbocycles. The summed E-state index contributed by atoms with van der Waals surface area (Å²) in [5.74, 6) is 1.75. The highest BCUT2D eigenvalue weighted by molar-refractivity contribution is 7.92. The van der Waals surface area contributed by atoms with Crippen molar-refractivity contribution in [1.82, 2.24) is 5.32 Å². The van der Waals surface area contributed by atoms with Crippen LogP contribution in [-0.4, -0.2) is 53.0 Å². The third kappa shape index (κ3) is 6.53. The lowest BCUT2D eigenvalue weighted by Gasteiger charge is -2.25. The van der Waals surface area contributed by atoms with Crippen LogP contribution in [-0.2, 0) is 14.8 Å². The number of rotatable bonds is 10. The van der Waals surface area contributed by atoms with Gasteiger partial charge in [0.1, 0.15) is 25.6 Å². The Morgan fingerprint density at radius 1 is 1.16 bits per heavy atom. The van der Waals surface area contributed by atoms with E-state index in [1.807, 2.05) is 38.1 Å². The Bertz CT molecular complexity index is 1040. The maximum atomic E-state index is 12.3. The van der Waals surface area contributed by atoms with Gasteiger partial charge in [-0.1, -0.05) is 18.2 Å². The molecule has 1 atom stereocenters. The van der Waals surface area contributed by atoms with E-state index in [0.29, 0.717) is 43.4 Å². The quantitative estimate of drug-likeness (QED) is 0.584. The summed E-state index contributed by atoms with van der Waals surface area (Å²) in [5.41, 5.74) is 1.52. The lowest BCUT2D eigenvalue weighted by Crippen LogP contribution is -2.37. The number of ether oxygens (including phenoxy) is 3. The number of nitrogens with one attached hydrogen (secondary N) is 1. The number of carbonyl (C=O) groups is 1. The van der Waals surface area contributed by atoms with Gasteiger partial charge in [0.05, 0.1) is 18.0 Å². The lowest BCUT2D eigenvalue weighted by molar-refractivity contribution is -0.121. The number of hydrogen-bond acceptors (Lipinski definition) is 6. The highest BCUT2D eigenvalue weighted by Crippen LogP contribution is 2.34. The Morgan fingerprint density at radius 3 is 2.59 bits per heavy atom. The summed E-state index contributed by atoms with van der Waals surface area (Å²) in [6.07, 6.45) is 1.72. The van der Waals surface area contributed by atoms with E-state index in [1.54, 1.807) is 18.2 Å². The predicted octanol–water partition coefficient (Wildman–Crippen LogP) is 2.90. The number of amides is 1. The summed E-state index contributed by atoms with van der Waals surface area (Å²) in [5, 5.41) is 2.89. The monoisotopic (exact) mass is 462 g/mol. The number of anilines is 1. The lowest BCUT2D eigenvalue weighted by atomic mass is 10.2. The summed E-state index contributed by atoms with van der Waals surface area (Å²) in [6.45, 7) is 5.25. The summed E-state index contributed by atoms with van der Waals surface area (Å²) < 4.78 is 42.8. The first-order chi connectivity index (χ1) is 15.2. The average Bonchev–Trinajstić information content (AvgIpc) is 2.75. The van der Waals surface area contributed by atoms with Crippen molar-refractivity contribution < 1.29 is 27.4 Å². The number of sulfonamides is 1. The van der Waals surface area contributed by atoms with Crippen molar-refractivity contribution in [3.05, 3.63) is 48.0 Å². The molecule has 1 aliphatic rings. The van der Waals surface area contributed by atoms with Crippen LogP contribution < -0.4 is 23.8 Å². The third-order valence-electron chi connectivity index (χ3n) is 4.97. The van der Waals surface area contributed by atoms with Gasteiger partial charge in [0, 0.05) is 19.0 Å². The Balaban J connectivity index is 1.50. The van der Waals surface area contributed by atoms with Crippen LogP contribution in [0, 0.1) is 6.92 Å². The maximum Gasteiger partial charge on any atom is 0.232 e. The summed E-state index contributed by atoms with van der Waals surface area (Å²) in [4.78, 5) is 12.3. The molecule has 0 radical (unpaired) electrons. The van der Waals surface area contributed by atoms with Crippen molar-refractivity contribution in [1.29, 1.82) is 0 Å². The average molecular weight is 463 g/mol. The van der Waals surface area contributed by atoms with Gasteiger partial charge in [-0.05, 0) is 44.0 Å². The molecule has 1 N–H and O–H groups in total. The van der Waals surface area contributed by atoms with Gasteiger partial charge in [-0.2, -0.15) is 0 Å². The van der Waals surface area contributed by atoms with Crippen molar-refractivity contribution in [3.8, 4) is 17.2 Å². The van der Waals surface area contributed by atoms with Crippen LogP contribution in [0.2, 0.25) is 0 Å². The first kappa shape index (κ1) is 23.7. The van der Waals surface area contributed by atoms with Gasteiger partial charge < -0.3 is 19.5 Å². The molecule has 174 valence electrons. The van der Waals surface area contributed by atoms with Crippen LogP contribution in [0.25, 0.3) is 0 Å². The summed E-state index contributed by atoms with van der Waals surface area (Å²) in [6, 6.07) is 12.6. The number of benzene rings is 2. The number of para-hydroxylation sites is 1. The predicted molar refractivity (Wildman–Crippen MR) is 123 cm³/mol. The second kappa shape index (κ2) is 10.6. The Kier molecular flexibility index (Phi) is 7.84. The van der Waals surface area contributed by atoms with Gasteiger partial charge >= 0.3 is 0 Å². The van der Waals surface area contributed by atoms with Crippen LogP contribution in [0.15, 0.2) is 42.5 Å². The van der Waals surface area contributed by atoms with E-state index < -0.39 is 10.0 Å². The molecule has 32 heavy (non-hydrogen) atoms. The van der Waals surface area contributed by atoms with Gasteiger partial charge in [0.25, 0.3) is 0 Å². The van der Waals surface area contributed by atoms with E-state index >= 15 is 0 Å². The zero-order valence-corrected chi connectivity index (χ0v) is 19.5. The molecule has 2 aromatic carbocycles. The smallest absolute Gasteiger partial charge is 0.232 e. The highest BCUT2D eigenvalue weighted by Gasteiger charge is 2.21. The molecule has 0 saturated heterocycles. The molecule has 0 fully saturated rings. The van der Waals surface area contributed by atoms with Crippen LogP contribution in [0.1, 0.15) is 25.3 Å². The van der Waals surface area contributed by atoms with E-state index in [4.69, 9.17) is 14.2 Å². The largest absolute Gasteiger partial charge is 0.491 e. The molecule has 9 heteroatoms. The summed E-state index contributed by atoms with van der Waals surface area (Å²) >= 11 is 0. The molecule has 0 spiro atoms. The van der Waals surface area contributed by atoms with Crippen molar-refractivity contribution in [2.24, 2.45) is 0 Å². The molecule has 0 aliphatic carbocycles. The number of hydrogen-bond donors (Lipinski definition) is 1. The SMILES string of the molecule is Cc1ccccc1OC[C@H](C)NC(=O)CCCN(c1ccc2c(c1)OCCO2)S(C)(=O)=O. The molecule has 0 aromatic heterocycles. The minimum absolute atomic E-state index is 0.151. The molecule has 0 bridgehead atoms. The standard InChI is InChI=1S/C23H30N2O6S/c1-17-7-4-5-8-20(17)31-16-18(2)24-23(26)9-6-12-25(32(3,27)28)19-10-11-21-22(15-19)30-14-13-29-21/h4-5,7-8,10-11,15,18H,6,9,12-14,16H2,1-3H3,(H,24,26)/t18-/m0/s1. The minimum atomic E-state index is -3.52. The minimum Gasteiger partial charge on any atom is -0.491 e. The Hall–Kier alpha value is -2.94. The van der Waals surface area contributed by atoms with Gasteiger partial charge in [-0.3, -0.25) is 9.10 Å². The van der Waals surface area contributed by atoms with Crippen molar-refractivity contribution in [2.45, 2.75) is 32.7 Å². The van der Waals surface area contributed by atoms with E-state index in [-0.39, 0.29) is 24.9 Å². The van der Waals surface area contributed by atoms with Crippen LogP contribution in [0.4, 0.5) is 5.69 Å². The van der Waals surface area contributed by atoms with Crippen molar-refractivity contribution in [3.63, 3.8) is 0 Å². The molecule has 1 aliphatic heterocycles. The first-order valence-corrected chi connectivity index (χ1v) is 12.4. The highest BCUT2D eigenvalue weighted by atomic mass is 32.2. The maximum absolute atomic E-state index is 12.3. The summed E-state index contributed by atoms with van der Waals surface area (Å²) in [7, 11) is -3.52. The fourth-order valence-electron chi connectivity index (χ4n) is 3.38. The van der Waals surface area contributed by atoms with Crippen LogP contribution in [0.5, 0.6) is 17.2 Å². The number of nitrogens with zero attached hydrogens (tertiary/aromatic N) is 1. The second-order valence-corrected chi connectivity index (χ2v) is 9.72. The molecule has 3 rings (SSSR count). The van der Waals surface area contributed by atoms with Crippen LogP contribution >= 0.6 is 0 Å². The van der Waals surface area contributed by atoms with Gasteiger partial charge in [-0.15, -0.1) is 0 Å². The zero-order valence-electron chi connectivity index (χ0n) is 18.7. The van der Waals surface area contributed by atoms with Gasteiger partial charge in [0.15, 0.2) is 11.5 Å². The topological polar surface area (TPSA) is 94.2 Å². The first-order valence-electron chi connectivity index (χ1n) is 10.6. The van der Waals surface area contributed by atoms with Gasteiger partial charge in [0.2, 0.25) is 15.9 Å². The third-order valence-corrected chi connectivity index (χ3v) is 6.16. The van der Waals surface area contributed by atoms with Gasteiger partial charge in [-0.25, -0.2) is 8.42 Å². The molecule has 1 amide bonds. The molecule has 2 aromatic rings. The zero-order chi connectivity index (χ0) is 23.1. The second-order valence-electron chi connectivity index (χ2n) is 7.81. The number of carbonyl (C=O) groups excluding carboxylic acids is 1.